The first-order chi connectivity index (χ1) is 8.16. The molecular formula is C14H19Cl2N. The summed E-state index contributed by atoms with van der Waals surface area (Å²) in [7, 11) is 0. The fourth-order valence-corrected chi connectivity index (χ4v) is 2.40. The molecule has 1 aromatic rings. The Labute approximate surface area is 114 Å². The van der Waals surface area contributed by atoms with Crippen molar-refractivity contribution in [3.05, 3.63) is 33.8 Å². The molecule has 0 bridgehead atoms. The molecule has 1 N–H and O–H groups in total. The van der Waals surface area contributed by atoms with E-state index in [1.54, 1.807) is 0 Å². The van der Waals surface area contributed by atoms with Crippen LogP contribution in [0.4, 0.5) is 0 Å². The lowest BCUT2D eigenvalue weighted by Crippen LogP contribution is -2.20. The Morgan fingerprint density at radius 1 is 1.35 bits per heavy atom. The topological polar surface area (TPSA) is 12.0 Å². The lowest BCUT2D eigenvalue weighted by Gasteiger charge is -2.13. The summed E-state index contributed by atoms with van der Waals surface area (Å²) in [6.07, 6.45) is 4.91. The van der Waals surface area contributed by atoms with Crippen LogP contribution in [0.2, 0.25) is 10.0 Å². The molecule has 0 amide bonds. The highest BCUT2D eigenvalue weighted by atomic mass is 35.5. The van der Waals surface area contributed by atoms with Crippen LogP contribution in [-0.2, 0) is 6.42 Å². The van der Waals surface area contributed by atoms with E-state index in [0.29, 0.717) is 10.9 Å². The maximum absolute atomic E-state index is 6.18. The fraction of sp³-hybridized carbons (Fsp3) is 0.571. The Morgan fingerprint density at radius 2 is 2.12 bits per heavy atom. The molecule has 0 aliphatic heterocycles. The van der Waals surface area contributed by atoms with Crippen LogP contribution >= 0.6 is 23.2 Å². The first-order valence-electron chi connectivity index (χ1n) is 6.33. The summed E-state index contributed by atoms with van der Waals surface area (Å²) in [5.74, 6) is 0.636. The van der Waals surface area contributed by atoms with E-state index in [1.165, 1.54) is 19.3 Å². The fourth-order valence-electron chi connectivity index (χ4n) is 2.00. The summed E-state index contributed by atoms with van der Waals surface area (Å²) in [5, 5.41) is 4.92. The van der Waals surface area contributed by atoms with Crippen molar-refractivity contribution in [1.82, 2.24) is 5.32 Å². The number of hydrogen-bond acceptors (Lipinski definition) is 1. The van der Waals surface area contributed by atoms with Gasteiger partial charge in [-0.15, -0.1) is 0 Å². The summed E-state index contributed by atoms with van der Waals surface area (Å²) < 4.78 is 0. The van der Waals surface area contributed by atoms with E-state index in [2.05, 4.69) is 18.3 Å². The molecule has 2 rings (SSSR count). The van der Waals surface area contributed by atoms with Crippen molar-refractivity contribution >= 4 is 23.2 Å². The quantitative estimate of drug-likeness (QED) is 0.813. The van der Waals surface area contributed by atoms with E-state index in [1.807, 2.05) is 12.1 Å². The van der Waals surface area contributed by atoms with Gasteiger partial charge < -0.3 is 5.32 Å². The first-order valence-corrected chi connectivity index (χ1v) is 7.08. The minimum Gasteiger partial charge on any atom is -0.314 e. The number of benzene rings is 1. The molecule has 94 valence electrons. The Morgan fingerprint density at radius 3 is 2.82 bits per heavy atom. The SMILES string of the molecule is CC(CCNC1CC1)Cc1cccc(Cl)c1Cl. The summed E-state index contributed by atoms with van der Waals surface area (Å²) in [6.45, 7) is 3.38. The van der Waals surface area contributed by atoms with E-state index < -0.39 is 0 Å². The molecule has 1 fully saturated rings. The van der Waals surface area contributed by atoms with E-state index in [4.69, 9.17) is 23.2 Å². The van der Waals surface area contributed by atoms with Gasteiger partial charge in [-0.05, 0) is 49.8 Å². The number of nitrogens with one attached hydrogen (secondary N) is 1. The molecule has 0 heterocycles. The van der Waals surface area contributed by atoms with Crippen LogP contribution in [0.3, 0.4) is 0 Å². The smallest absolute Gasteiger partial charge is 0.0624 e. The van der Waals surface area contributed by atoms with Crippen molar-refractivity contribution in [2.75, 3.05) is 6.54 Å². The van der Waals surface area contributed by atoms with E-state index in [-0.39, 0.29) is 0 Å². The van der Waals surface area contributed by atoms with Gasteiger partial charge in [0.05, 0.1) is 10.0 Å². The molecule has 17 heavy (non-hydrogen) atoms. The van der Waals surface area contributed by atoms with Crippen LogP contribution in [-0.4, -0.2) is 12.6 Å². The van der Waals surface area contributed by atoms with Gasteiger partial charge in [-0.2, -0.15) is 0 Å². The zero-order chi connectivity index (χ0) is 12.3. The molecule has 1 atom stereocenters. The third-order valence-electron chi connectivity index (χ3n) is 3.25. The lowest BCUT2D eigenvalue weighted by molar-refractivity contribution is 0.497. The molecule has 3 heteroatoms. The number of hydrogen-bond donors (Lipinski definition) is 1. The van der Waals surface area contributed by atoms with Gasteiger partial charge in [-0.3, -0.25) is 0 Å². The molecule has 0 spiro atoms. The van der Waals surface area contributed by atoms with Gasteiger partial charge in [0.2, 0.25) is 0 Å². The number of rotatable bonds is 6. The highest BCUT2D eigenvalue weighted by molar-refractivity contribution is 6.42. The zero-order valence-corrected chi connectivity index (χ0v) is 11.7. The highest BCUT2D eigenvalue weighted by Gasteiger charge is 2.20. The van der Waals surface area contributed by atoms with Crippen LogP contribution in [0.15, 0.2) is 18.2 Å². The molecule has 1 aromatic carbocycles. The van der Waals surface area contributed by atoms with Crippen LogP contribution < -0.4 is 5.32 Å². The zero-order valence-electron chi connectivity index (χ0n) is 10.2. The van der Waals surface area contributed by atoms with Gasteiger partial charge in [0.15, 0.2) is 0 Å². The van der Waals surface area contributed by atoms with Crippen molar-refractivity contribution in [2.24, 2.45) is 5.92 Å². The molecule has 1 aliphatic carbocycles. The van der Waals surface area contributed by atoms with Gasteiger partial charge in [0.25, 0.3) is 0 Å². The van der Waals surface area contributed by atoms with E-state index in [9.17, 15) is 0 Å². The predicted molar refractivity (Wildman–Crippen MR) is 75.0 cm³/mol. The average Bonchev–Trinajstić information content (AvgIpc) is 3.09. The maximum Gasteiger partial charge on any atom is 0.0624 e. The summed E-state index contributed by atoms with van der Waals surface area (Å²) in [4.78, 5) is 0. The Kier molecular flexibility index (Phi) is 4.72. The van der Waals surface area contributed by atoms with Crippen LogP contribution in [0.1, 0.15) is 31.7 Å². The minimum absolute atomic E-state index is 0.636. The molecular weight excluding hydrogens is 253 g/mol. The molecule has 1 saturated carbocycles. The molecule has 1 unspecified atom stereocenters. The van der Waals surface area contributed by atoms with Gasteiger partial charge in [0, 0.05) is 6.04 Å². The second kappa shape index (κ2) is 6.08. The normalized spacial score (nSPS) is 17.1. The van der Waals surface area contributed by atoms with Crippen molar-refractivity contribution in [1.29, 1.82) is 0 Å². The highest BCUT2D eigenvalue weighted by Crippen LogP contribution is 2.28. The second-order valence-electron chi connectivity index (χ2n) is 5.04. The number of halogens is 2. The Balaban J connectivity index is 1.79. The van der Waals surface area contributed by atoms with Gasteiger partial charge >= 0.3 is 0 Å². The molecule has 1 aliphatic rings. The van der Waals surface area contributed by atoms with Gasteiger partial charge in [0.1, 0.15) is 0 Å². The second-order valence-corrected chi connectivity index (χ2v) is 5.82. The Bertz CT molecular complexity index is 374. The van der Waals surface area contributed by atoms with Crippen molar-refractivity contribution in [3.8, 4) is 0 Å². The average molecular weight is 272 g/mol. The van der Waals surface area contributed by atoms with Gasteiger partial charge in [-0.25, -0.2) is 0 Å². The molecule has 0 radical (unpaired) electrons. The predicted octanol–water partition coefficient (Wildman–Crippen LogP) is 4.31. The molecule has 0 saturated heterocycles. The van der Waals surface area contributed by atoms with Crippen LogP contribution in [0.25, 0.3) is 0 Å². The van der Waals surface area contributed by atoms with Crippen LogP contribution in [0, 0.1) is 5.92 Å². The van der Waals surface area contributed by atoms with Crippen LogP contribution in [0.5, 0.6) is 0 Å². The van der Waals surface area contributed by atoms with Crippen molar-refractivity contribution in [2.45, 2.75) is 38.6 Å². The summed E-state index contributed by atoms with van der Waals surface area (Å²) in [5.41, 5.74) is 1.16. The van der Waals surface area contributed by atoms with Gasteiger partial charge in [-0.1, -0.05) is 42.3 Å². The maximum atomic E-state index is 6.18. The van der Waals surface area contributed by atoms with Crippen molar-refractivity contribution in [3.63, 3.8) is 0 Å². The lowest BCUT2D eigenvalue weighted by atomic mass is 9.98. The third-order valence-corrected chi connectivity index (χ3v) is 4.11. The largest absolute Gasteiger partial charge is 0.314 e. The molecule has 1 nitrogen and oxygen atoms in total. The summed E-state index contributed by atoms with van der Waals surface area (Å²) in [6, 6.07) is 6.68. The van der Waals surface area contributed by atoms with Crippen molar-refractivity contribution < 1.29 is 0 Å². The van der Waals surface area contributed by atoms with E-state index in [0.717, 1.165) is 29.6 Å². The monoisotopic (exact) mass is 271 g/mol. The summed E-state index contributed by atoms with van der Waals surface area (Å²) >= 11 is 12.2. The Hall–Kier alpha value is -0.240. The standard InChI is InChI=1S/C14H19Cl2N/c1-10(7-8-17-12-5-6-12)9-11-3-2-4-13(15)14(11)16/h2-4,10,12,17H,5-9H2,1H3. The molecule has 0 aromatic heterocycles. The third kappa shape index (κ3) is 4.17. The van der Waals surface area contributed by atoms with E-state index >= 15 is 0 Å². The minimum atomic E-state index is 0.636. The first kappa shape index (κ1) is 13.2.